The lowest BCUT2D eigenvalue weighted by Gasteiger charge is -2.02. The van der Waals surface area contributed by atoms with E-state index in [1.54, 1.807) is 16.0 Å². The predicted octanol–water partition coefficient (Wildman–Crippen LogP) is 4.20. The molecule has 0 saturated carbocycles. The molecule has 118 valence electrons. The zero-order valence-corrected chi connectivity index (χ0v) is 14.1. The lowest BCUT2D eigenvalue weighted by molar-refractivity contribution is 0.715. The van der Waals surface area contributed by atoms with Gasteiger partial charge in [0.05, 0.1) is 16.8 Å². The maximum atomic E-state index is 4.87. The van der Waals surface area contributed by atoms with E-state index in [-0.39, 0.29) is 0 Å². The predicted molar refractivity (Wildman–Crippen MR) is 96.8 cm³/mol. The minimum atomic E-state index is 0.807. The van der Waals surface area contributed by atoms with Gasteiger partial charge in [-0.25, -0.2) is 4.98 Å². The van der Waals surface area contributed by atoms with E-state index in [1.807, 2.05) is 25.4 Å². The molecule has 4 aromatic rings. The van der Waals surface area contributed by atoms with Gasteiger partial charge in [0, 0.05) is 13.5 Å². The molecule has 0 atom stereocenters. The molecule has 24 heavy (non-hydrogen) atoms. The molecule has 0 radical (unpaired) electrons. The monoisotopic (exact) mass is 332 g/mol. The highest BCUT2D eigenvalue weighted by atomic mass is 32.1. The summed E-state index contributed by atoms with van der Waals surface area (Å²) in [7, 11) is 1.87. The van der Waals surface area contributed by atoms with E-state index >= 15 is 0 Å². The number of aromatic nitrogens is 4. The van der Waals surface area contributed by atoms with Crippen LogP contribution < -0.4 is 0 Å². The van der Waals surface area contributed by atoms with Crippen LogP contribution >= 0.6 is 11.3 Å². The molecular formula is C19H16N4S. The molecule has 0 spiro atoms. The molecule has 4 nitrogen and oxygen atoms in total. The molecule has 4 rings (SSSR count). The van der Waals surface area contributed by atoms with Crippen LogP contribution in [-0.2, 0) is 13.5 Å². The molecular weight excluding hydrogens is 316 g/mol. The Balaban J connectivity index is 1.79. The summed E-state index contributed by atoms with van der Waals surface area (Å²) in [4.78, 5) is 6.06. The zero-order chi connectivity index (χ0) is 16.4. The minimum Gasteiger partial charge on any atom is -0.255 e. The quantitative estimate of drug-likeness (QED) is 0.562. The largest absolute Gasteiger partial charge is 0.255 e. The molecule has 2 aromatic carbocycles. The molecule has 0 saturated heterocycles. The minimum absolute atomic E-state index is 0.807. The maximum Gasteiger partial charge on any atom is 0.146 e. The van der Waals surface area contributed by atoms with Gasteiger partial charge in [-0.05, 0) is 11.1 Å². The van der Waals surface area contributed by atoms with Gasteiger partial charge in [-0.1, -0.05) is 65.9 Å². The molecule has 5 heteroatoms. The smallest absolute Gasteiger partial charge is 0.146 e. The van der Waals surface area contributed by atoms with Crippen LogP contribution in [-0.4, -0.2) is 20.0 Å². The lowest BCUT2D eigenvalue weighted by atomic mass is 10.1. The third-order valence-corrected chi connectivity index (χ3v) is 4.94. The molecule has 2 aromatic heterocycles. The van der Waals surface area contributed by atoms with Gasteiger partial charge in [0.25, 0.3) is 0 Å². The maximum absolute atomic E-state index is 4.87. The first-order chi connectivity index (χ1) is 11.8. The average molecular weight is 332 g/mol. The Morgan fingerprint density at radius 3 is 2.33 bits per heavy atom. The Bertz CT molecular complexity index is 942. The van der Waals surface area contributed by atoms with Crippen molar-refractivity contribution in [1.29, 1.82) is 0 Å². The van der Waals surface area contributed by atoms with E-state index in [1.165, 1.54) is 16.0 Å². The number of thiazole rings is 1. The van der Waals surface area contributed by atoms with Crippen LogP contribution in [0.4, 0.5) is 0 Å². The Morgan fingerprint density at radius 2 is 1.67 bits per heavy atom. The number of nitrogens with zero attached hydrogens (tertiary/aromatic N) is 4. The highest BCUT2D eigenvalue weighted by Gasteiger charge is 2.16. The number of hydrogen-bond acceptors (Lipinski definition) is 4. The third kappa shape index (κ3) is 2.98. The van der Waals surface area contributed by atoms with E-state index in [0.29, 0.717) is 0 Å². The number of hydrogen-bond donors (Lipinski definition) is 0. The van der Waals surface area contributed by atoms with Gasteiger partial charge in [0.15, 0.2) is 0 Å². The summed E-state index contributed by atoms with van der Waals surface area (Å²) < 4.78 is 1.70. The summed E-state index contributed by atoms with van der Waals surface area (Å²) in [6, 6.07) is 20.8. The van der Waals surface area contributed by atoms with Crippen molar-refractivity contribution in [2.75, 3.05) is 0 Å². The second-order valence-electron chi connectivity index (χ2n) is 5.60. The van der Waals surface area contributed by atoms with Crippen molar-refractivity contribution in [3.8, 4) is 21.1 Å². The fourth-order valence-corrected chi connectivity index (χ4v) is 3.67. The van der Waals surface area contributed by atoms with Crippen molar-refractivity contribution in [1.82, 2.24) is 20.0 Å². The SMILES string of the molecule is Cn1cc(-c2nc(Cc3ccccc3)c(-c3ccccc3)s2)nn1. The topological polar surface area (TPSA) is 43.6 Å². The van der Waals surface area contributed by atoms with Crippen molar-refractivity contribution < 1.29 is 0 Å². The van der Waals surface area contributed by atoms with Crippen molar-refractivity contribution in [3.05, 3.63) is 78.1 Å². The summed E-state index contributed by atoms with van der Waals surface area (Å²) in [6.07, 6.45) is 2.71. The first kappa shape index (κ1) is 14.8. The number of benzene rings is 2. The highest BCUT2D eigenvalue weighted by Crippen LogP contribution is 2.35. The normalized spacial score (nSPS) is 10.9. The van der Waals surface area contributed by atoms with E-state index in [9.17, 15) is 0 Å². The van der Waals surface area contributed by atoms with Gasteiger partial charge in [-0.15, -0.1) is 16.4 Å². The van der Waals surface area contributed by atoms with Gasteiger partial charge in [0.1, 0.15) is 10.7 Å². The fourth-order valence-electron chi connectivity index (χ4n) is 2.63. The standard InChI is InChI=1S/C19H16N4S/c1-23-13-17(21-22-23)19-20-16(12-14-8-4-2-5-9-14)18(24-19)15-10-6-3-7-11-15/h2-11,13H,12H2,1H3. The molecule has 0 aliphatic rings. The van der Waals surface area contributed by atoms with Crippen LogP contribution in [0.1, 0.15) is 11.3 Å². The van der Waals surface area contributed by atoms with Crippen LogP contribution in [0.2, 0.25) is 0 Å². The zero-order valence-electron chi connectivity index (χ0n) is 13.3. The Morgan fingerprint density at radius 1 is 0.958 bits per heavy atom. The average Bonchev–Trinajstić information content (AvgIpc) is 3.23. The molecule has 0 N–H and O–H groups in total. The van der Waals surface area contributed by atoms with Crippen molar-refractivity contribution >= 4 is 11.3 Å². The second-order valence-corrected chi connectivity index (χ2v) is 6.60. The van der Waals surface area contributed by atoms with Crippen molar-refractivity contribution in [2.24, 2.45) is 7.05 Å². The van der Waals surface area contributed by atoms with Crippen LogP contribution in [0.25, 0.3) is 21.1 Å². The highest BCUT2D eigenvalue weighted by molar-refractivity contribution is 7.18. The second kappa shape index (κ2) is 6.37. The van der Waals surface area contributed by atoms with Gasteiger partial charge >= 0.3 is 0 Å². The lowest BCUT2D eigenvalue weighted by Crippen LogP contribution is -1.91. The van der Waals surface area contributed by atoms with Gasteiger partial charge in [0.2, 0.25) is 0 Å². The molecule has 0 unspecified atom stereocenters. The third-order valence-electron chi connectivity index (χ3n) is 3.77. The van der Waals surface area contributed by atoms with E-state index in [2.05, 4.69) is 58.8 Å². The fraction of sp³-hybridized carbons (Fsp3) is 0.105. The van der Waals surface area contributed by atoms with Gasteiger partial charge < -0.3 is 0 Å². The summed E-state index contributed by atoms with van der Waals surface area (Å²) in [5, 5.41) is 9.13. The molecule has 0 aliphatic carbocycles. The van der Waals surface area contributed by atoms with Gasteiger partial charge in [-0.3, -0.25) is 4.68 Å². The van der Waals surface area contributed by atoms with Crippen molar-refractivity contribution in [2.45, 2.75) is 6.42 Å². The first-order valence-electron chi connectivity index (χ1n) is 7.75. The van der Waals surface area contributed by atoms with Crippen LogP contribution in [0.15, 0.2) is 66.9 Å². The Hall–Kier alpha value is -2.79. The number of aryl methyl sites for hydroxylation is 1. The summed E-state index contributed by atoms with van der Waals surface area (Å²) in [5.74, 6) is 0. The molecule has 0 aliphatic heterocycles. The summed E-state index contributed by atoms with van der Waals surface area (Å²) in [5.41, 5.74) is 4.35. The van der Waals surface area contributed by atoms with Gasteiger partial charge in [-0.2, -0.15) is 0 Å². The Kier molecular flexibility index (Phi) is 3.92. The van der Waals surface area contributed by atoms with Crippen LogP contribution in [0.5, 0.6) is 0 Å². The van der Waals surface area contributed by atoms with Crippen molar-refractivity contribution in [3.63, 3.8) is 0 Å². The summed E-state index contributed by atoms with van der Waals surface area (Å²) in [6.45, 7) is 0. The first-order valence-corrected chi connectivity index (χ1v) is 8.57. The molecule has 0 fully saturated rings. The van der Waals surface area contributed by atoms with E-state index in [0.717, 1.165) is 22.8 Å². The van der Waals surface area contributed by atoms with Crippen LogP contribution in [0, 0.1) is 0 Å². The van der Waals surface area contributed by atoms with E-state index < -0.39 is 0 Å². The van der Waals surface area contributed by atoms with E-state index in [4.69, 9.17) is 4.98 Å². The van der Waals surface area contributed by atoms with Crippen LogP contribution in [0.3, 0.4) is 0 Å². The Labute approximate surface area is 144 Å². The molecule has 0 amide bonds. The molecule has 0 bridgehead atoms. The number of rotatable bonds is 4. The molecule has 2 heterocycles. The summed E-state index contributed by atoms with van der Waals surface area (Å²) >= 11 is 1.67.